The molecule has 0 aliphatic carbocycles. The average Bonchev–Trinajstić information content (AvgIpc) is 2.15. The van der Waals surface area contributed by atoms with Gasteiger partial charge in [0.2, 0.25) is 6.10 Å². The molecule has 0 saturated carbocycles. The molecule has 5 nitrogen and oxygen atoms in total. The maximum absolute atomic E-state index is 10.6. The summed E-state index contributed by atoms with van der Waals surface area (Å²) < 4.78 is 8.88. The fraction of sp³-hybridized carbons (Fsp3) is 0.600. The van der Waals surface area contributed by atoms with Gasteiger partial charge in [0.05, 0.1) is 6.61 Å². The monoisotopic (exact) mass is 145 g/mol. The first-order valence-corrected chi connectivity index (χ1v) is 2.83. The Morgan fingerprint density at radius 3 is 2.90 bits per heavy atom. The number of amides is 1. The van der Waals surface area contributed by atoms with Crippen molar-refractivity contribution in [1.29, 1.82) is 0 Å². The van der Waals surface area contributed by atoms with E-state index >= 15 is 0 Å². The normalized spacial score (nSPS) is 24.0. The second-order valence-corrected chi connectivity index (χ2v) is 1.88. The van der Waals surface area contributed by atoms with Crippen LogP contribution in [0.25, 0.3) is 0 Å². The van der Waals surface area contributed by atoms with Gasteiger partial charge in [-0.1, -0.05) is 0 Å². The van der Waals surface area contributed by atoms with Crippen LogP contribution >= 0.6 is 0 Å². The Balaban J connectivity index is 2.40. The van der Waals surface area contributed by atoms with Gasteiger partial charge in [-0.2, -0.15) is 0 Å². The van der Waals surface area contributed by atoms with Gasteiger partial charge < -0.3 is 15.2 Å². The molecule has 0 aromatic rings. The van der Waals surface area contributed by atoms with Crippen LogP contribution in [0.5, 0.6) is 0 Å². The lowest BCUT2D eigenvalue weighted by molar-refractivity contribution is -0.144. The lowest BCUT2D eigenvalue weighted by Gasteiger charge is -2.02. The third-order valence-electron chi connectivity index (χ3n) is 1.15. The van der Waals surface area contributed by atoms with E-state index in [1.165, 1.54) is 0 Å². The molecule has 1 aliphatic heterocycles. The Kier molecular flexibility index (Phi) is 1.75. The van der Waals surface area contributed by atoms with E-state index in [4.69, 9.17) is 0 Å². The van der Waals surface area contributed by atoms with Crippen LogP contribution in [0.2, 0.25) is 0 Å². The van der Waals surface area contributed by atoms with E-state index in [0.717, 1.165) is 0 Å². The number of carbonyl (C=O) groups is 2. The van der Waals surface area contributed by atoms with Crippen molar-refractivity contribution in [1.82, 2.24) is 0 Å². The fourth-order valence-corrected chi connectivity index (χ4v) is 0.725. The summed E-state index contributed by atoms with van der Waals surface area (Å²) in [5, 5.41) is 0. The molecule has 0 aromatic carbocycles. The molecule has 0 radical (unpaired) electrons. The van der Waals surface area contributed by atoms with E-state index in [2.05, 4.69) is 15.2 Å². The van der Waals surface area contributed by atoms with E-state index in [1.807, 2.05) is 0 Å². The first kappa shape index (κ1) is 6.85. The third-order valence-corrected chi connectivity index (χ3v) is 1.15. The Bertz CT molecular complexity index is 167. The van der Waals surface area contributed by atoms with Crippen molar-refractivity contribution in [2.45, 2.75) is 12.5 Å². The Morgan fingerprint density at radius 1 is 1.80 bits per heavy atom. The van der Waals surface area contributed by atoms with E-state index in [1.54, 1.807) is 0 Å². The number of cyclic esters (lactones) is 1. The zero-order chi connectivity index (χ0) is 7.56. The zero-order valence-electron chi connectivity index (χ0n) is 5.20. The van der Waals surface area contributed by atoms with E-state index < -0.39 is 18.2 Å². The molecule has 1 fully saturated rings. The molecule has 1 aliphatic rings. The topological polar surface area (TPSA) is 78.6 Å². The number of carbonyl (C=O) groups excluding carboxylic acids is 2. The number of hydrogen-bond donors (Lipinski definition) is 1. The van der Waals surface area contributed by atoms with Crippen LogP contribution in [0.4, 0.5) is 4.79 Å². The van der Waals surface area contributed by atoms with Gasteiger partial charge in [-0.25, -0.2) is 9.59 Å². The van der Waals surface area contributed by atoms with Gasteiger partial charge in [0.15, 0.2) is 0 Å². The average molecular weight is 145 g/mol. The van der Waals surface area contributed by atoms with Crippen LogP contribution in [-0.4, -0.2) is 24.8 Å². The molecule has 1 heterocycles. The first-order valence-electron chi connectivity index (χ1n) is 2.83. The predicted molar refractivity (Wildman–Crippen MR) is 30.0 cm³/mol. The minimum absolute atomic E-state index is 0.302. The third kappa shape index (κ3) is 1.37. The van der Waals surface area contributed by atoms with Crippen LogP contribution in [0, 0.1) is 0 Å². The minimum atomic E-state index is -0.941. The smallest absolute Gasteiger partial charge is 0.405 e. The number of ether oxygens (including phenoxy) is 2. The van der Waals surface area contributed by atoms with Gasteiger partial charge in [-0.3, -0.25) is 0 Å². The molecule has 0 bridgehead atoms. The summed E-state index contributed by atoms with van der Waals surface area (Å²) in [5.74, 6) is -0.515. The minimum Gasteiger partial charge on any atom is -0.463 e. The maximum Gasteiger partial charge on any atom is 0.405 e. The van der Waals surface area contributed by atoms with E-state index in [0.29, 0.717) is 13.0 Å². The number of hydrogen-bond acceptors (Lipinski definition) is 4. The van der Waals surface area contributed by atoms with Gasteiger partial charge in [-0.05, 0) is 0 Å². The Morgan fingerprint density at radius 2 is 2.50 bits per heavy atom. The van der Waals surface area contributed by atoms with Gasteiger partial charge >= 0.3 is 12.1 Å². The summed E-state index contributed by atoms with van der Waals surface area (Å²) in [6.45, 7) is 0.302. The van der Waals surface area contributed by atoms with Gasteiger partial charge in [-0.15, -0.1) is 0 Å². The van der Waals surface area contributed by atoms with Gasteiger partial charge in [0.25, 0.3) is 0 Å². The second-order valence-electron chi connectivity index (χ2n) is 1.88. The summed E-state index contributed by atoms with van der Waals surface area (Å²) in [4.78, 5) is 20.6. The number of nitrogens with two attached hydrogens (primary N) is 1. The van der Waals surface area contributed by atoms with Crippen LogP contribution in [0.15, 0.2) is 0 Å². The second kappa shape index (κ2) is 2.55. The SMILES string of the molecule is NC(=O)OC1CCOC1=O. The van der Waals surface area contributed by atoms with Crippen molar-refractivity contribution in [3.63, 3.8) is 0 Å². The standard InChI is InChI=1S/C5H7NO4/c6-5(8)10-3-1-2-9-4(3)7/h3H,1-2H2,(H2,6,8). The van der Waals surface area contributed by atoms with Crippen LogP contribution in [0.1, 0.15) is 6.42 Å². The summed E-state index contributed by atoms with van der Waals surface area (Å²) >= 11 is 0. The highest BCUT2D eigenvalue weighted by Gasteiger charge is 2.29. The molecule has 1 saturated heterocycles. The molecular formula is C5H7NO4. The van der Waals surface area contributed by atoms with Crippen molar-refractivity contribution in [2.75, 3.05) is 6.61 Å². The maximum atomic E-state index is 10.6. The summed E-state index contributed by atoms with van der Waals surface area (Å²) in [7, 11) is 0. The molecular weight excluding hydrogens is 138 g/mol. The van der Waals surface area contributed by atoms with E-state index in [9.17, 15) is 9.59 Å². The number of rotatable bonds is 1. The Hall–Kier alpha value is -1.26. The van der Waals surface area contributed by atoms with Crippen molar-refractivity contribution in [3.05, 3.63) is 0 Å². The predicted octanol–water partition coefficient (Wildman–Crippen LogP) is -0.603. The first-order chi connectivity index (χ1) is 4.70. The molecule has 2 N–H and O–H groups in total. The number of primary amides is 1. The molecule has 0 spiro atoms. The highest BCUT2D eigenvalue weighted by molar-refractivity contribution is 5.79. The van der Waals surface area contributed by atoms with Crippen molar-refractivity contribution in [3.8, 4) is 0 Å². The molecule has 56 valence electrons. The van der Waals surface area contributed by atoms with Crippen molar-refractivity contribution < 1.29 is 19.1 Å². The van der Waals surface area contributed by atoms with Gasteiger partial charge in [0.1, 0.15) is 0 Å². The molecule has 1 amide bonds. The summed E-state index contributed by atoms with van der Waals surface area (Å²) in [5.41, 5.74) is 4.67. The molecule has 0 aromatic heterocycles. The fourth-order valence-electron chi connectivity index (χ4n) is 0.725. The Labute approximate surface area is 57.1 Å². The molecule has 10 heavy (non-hydrogen) atoms. The van der Waals surface area contributed by atoms with E-state index in [-0.39, 0.29) is 0 Å². The summed E-state index contributed by atoms with van der Waals surface area (Å²) in [6.07, 6.45) is -1.32. The van der Waals surface area contributed by atoms with Crippen LogP contribution in [-0.2, 0) is 14.3 Å². The molecule has 1 atom stereocenters. The summed E-state index contributed by atoms with van der Waals surface area (Å²) in [6, 6.07) is 0. The quantitative estimate of drug-likeness (QED) is 0.499. The lowest BCUT2D eigenvalue weighted by atomic mass is 10.3. The molecule has 5 heteroatoms. The van der Waals surface area contributed by atoms with Gasteiger partial charge in [0, 0.05) is 6.42 Å². The number of esters is 1. The van der Waals surface area contributed by atoms with Crippen molar-refractivity contribution >= 4 is 12.1 Å². The molecule has 1 rings (SSSR count). The largest absolute Gasteiger partial charge is 0.463 e. The zero-order valence-corrected chi connectivity index (χ0v) is 5.20. The van der Waals surface area contributed by atoms with Crippen molar-refractivity contribution in [2.24, 2.45) is 5.73 Å². The lowest BCUT2D eigenvalue weighted by Crippen LogP contribution is -2.26. The van der Waals surface area contributed by atoms with Crippen LogP contribution in [0.3, 0.4) is 0 Å². The molecule has 1 unspecified atom stereocenters. The highest BCUT2D eigenvalue weighted by Crippen LogP contribution is 2.09. The highest BCUT2D eigenvalue weighted by atomic mass is 16.6. The van der Waals surface area contributed by atoms with Crippen LogP contribution < -0.4 is 5.73 Å².